The smallest absolute Gasteiger partial charge is 0.321 e. The van der Waals surface area contributed by atoms with E-state index in [2.05, 4.69) is 5.32 Å². The molecule has 0 heterocycles. The maximum Gasteiger partial charge on any atom is 0.321 e. The maximum absolute atomic E-state index is 10.4. The first kappa shape index (κ1) is 17.9. The average molecular weight is 247 g/mol. The molecule has 1 atom stereocenters. The number of likely N-dealkylation sites (N-methyl/N-ethyl adjacent to an activating group) is 1. The van der Waals surface area contributed by atoms with E-state index in [9.17, 15) is 14.4 Å². The molecule has 6 heteroatoms. The molecule has 0 radical (unpaired) electrons. The van der Waals surface area contributed by atoms with Crippen molar-refractivity contribution in [3.8, 4) is 0 Å². The summed E-state index contributed by atoms with van der Waals surface area (Å²) in [4.78, 5) is 30.4. The van der Waals surface area contributed by atoms with Crippen LogP contribution in [0.15, 0.2) is 0 Å². The van der Waals surface area contributed by atoms with Crippen molar-refractivity contribution in [3.05, 3.63) is 0 Å². The van der Waals surface area contributed by atoms with Gasteiger partial charge in [-0.15, -0.1) is 0 Å². The zero-order chi connectivity index (χ0) is 13.8. The van der Waals surface area contributed by atoms with Gasteiger partial charge in [-0.25, -0.2) is 0 Å². The fraction of sp³-hybridized carbons (Fsp3) is 0.727. The molecule has 100 valence electrons. The van der Waals surface area contributed by atoms with Gasteiger partial charge >= 0.3 is 11.9 Å². The molecule has 1 unspecified atom stereocenters. The van der Waals surface area contributed by atoms with Crippen molar-refractivity contribution in [1.82, 2.24) is 5.32 Å². The molecule has 3 N–H and O–H groups in total. The number of Topliss-reactive ketones (excluding diaryl/α,β-unsaturated/α-hetero) is 1. The van der Waals surface area contributed by atoms with Gasteiger partial charge in [-0.05, 0) is 20.4 Å². The Kier molecular flexibility index (Phi) is 11.7. The Bertz CT molecular complexity index is 252. The van der Waals surface area contributed by atoms with Crippen molar-refractivity contribution in [2.24, 2.45) is 0 Å². The quantitative estimate of drug-likeness (QED) is 0.617. The third-order valence-electron chi connectivity index (χ3n) is 1.88. The van der Waals surface area contributed by atoms with Gasteiger partial charge in [0.15, 0.2) is 0 Å². The Morgan fingerprint density at radius 1 is 1.24 bits per heavy atom. The number of carbonyl (C=O) groups is 3. The highest BCUT2D eigenvalue weighted by molar-refractivity contribution is 5.84. The summed E-state index contributed by atoms with van der Waals surface area (Å²) in [6.07, 6.45) is 2.13. The number of carbonyl (C=O) groups excluding carboxylic acids is 1. The number of hydrogen-bond donors (Lipinski definition) is 3. The van der Waals surface area contributed by atoms with E-state index < -0.39 is 18.0 Å². The van der Waals surface area contributed by atoms with E-state index in [1.807, 2.05) is 6.92 Å². The van der Waals surface area contributed by atoms with Crippen molar-refractivity contribution in [2.45, 2.75) is 45.6 Å². The molecule has 0 aromatic carbocycles. The van der Waals surface area contributed by atoms with Crippen LogP contribution in [0.25, 0.3) is 0 Å². The van der Waals surface area contributed by atoms with Crippen LogP contribution in [0.4, 0.5) is 0 Å². The second kappa shape index (κ2) is 11.1. The fourth-order valence-corrected chi connectivity index (χ4v) is 0.928. The highest BCUT2D eigenvalue weighted by Crippen LogP contribution is 1.92. The predicted octanol–water partition coefficient (Wildman–Crippen LogP) is 0.899. The minimum atomic E-state index is -0.988. The summed E-state index contributed by atoms with van der Waals surface area (Å²) in [5.74, 6) is -1.80. The predicted molar refractivity (Wildman–Crippen MR) is 62.9 cm³/mol. The largest absolute Gasteiger partial charge is 0.481 e. The van der Waals surface area contributed by atoms with Crippen LogP contribution in [0.5, 0.6) is 0 Å². The summed E-state index contributed by atoms with van der Waals surface area (Å²) in [7, 11) is 1.52. The van der Waals surface area contributed by atoms with Gasteiger partial charge in [-0.1, -0.05) is 13.3 Å². The van der Waals surface area contributed by atoms with Crippen LogP contribution in [0.3, 0.4) is 0 Å². The maximum atomic E-state index is 10.4. The minimum Gasteiger partial charge on any atom is -0.481 e. The number of nitrogens with one attached hydrogen (secondary N) is 1. The summed E-state index contributed by atoms with van der Waals surface area (Å²) in [5.41, 5.74) is 0. The Labute approximate surface area is 101 Å². The molecule has 0 amide bonds. The lowest BCUT2D eigenvalue weighted by atomic mass is 10.1. The molecular weight excluding hydrogens is 226 g/mol. The highest BCUT2D eigenvalue weighted by atomic mass is 16.4. The monoisotopic (exact) mass is 247 g/mol. The number of carboxylic acids is 2. The van der Waals surface area contributed by atoms with Gasteiger partial charge in [-0.2, -0.15) is 0 Å². The fourth-order valence-electron chi connectivity index (χ4n) is 0.928. The number of rotatable bonds is 7. The van der Waals surface area contributed by atoms with Crippen molar-refractivity contribution in [1.29, 1.82) is 0 Å². The zero-order valence-corrected chi connectivity index (χ0v) is 10.5. The molecule has 0 fully saturated rings. The Balaban J connectivity index is 0. The second-order valence-electron chi connectivity index (χ2n) is 3.58. The van der Waals surface area contributed by atoms with Crippen molar-refractivity contribution in [2.75, 3.05) is 7.05 Å². The molecule has 0 bridgehead atoms. The molecule has 6 nitrogen and oxygen atoms in total. The molecule has 0 saturated heterocycles. The molecule has 0 rings (SSSR count). The SMILES string of the molecule is CCCCC(=O)O.CNC(CC(C)=O)C(=O)O. The third-order valence-corrected chi connectivity index (χ3v) is 1.88. The van der Waals surface area contributed by atoms with E-state index in [0.29, 0.717) is 6.42 Å². The summed E-state index contributed by atoms with van der Waals surface area (Å²) >= 11 is 0. The molecule has 0 aromatic heterocycles. The number of unbranched alkanes of at least 4 members (excludes halogenated alkanes) is 1. The van der Waals surface area contributed by atoms with E-state index in [-0.39, 0.29) is 12.2 Å². The molecule has 0 spiro atoms. The van der Waals surface area contributed by atoms with Gasteiger partial charge in [0.2, 0.25) is 0 Å². The number of hydrogen-bond acceptors (Lipinski definition) is 4. The molecule has 17 heavy (non-hydrogen) atoms. The first-order chi connectivity index (χ1) is 7.84. The van der Waals surface area contributed by atoms with Gasteiger partial charge in [0, 0.05) is 12.8 Å². The molecule has 0 aliphatic carbocycles. The Hall–Kier alpha value is -1.43. The molecule has 0 aromatic rings. The lowest BCUT2D eigenvalue weighted by Gasteiger charge is -2.06. The first-order valence-corrected chi connectivity index (χ1v) is 5.46. The lowest BCUT2D eigenvalue weighted by Crippen LogP contribution is -2.35. The third kappa shape index (κ3) is 14.6. The second-order valence-corrected chi connectivity index (χ2v) is 3.58. The Morgan fingerprint density at radius 3 is 1.88 bits per heavy atom. The van der Waals surface area contributed by atoms with Crippen molar-refractivity contribution >= 4 is 17.7 Å². The van der Waals surface area contributed by atoms with Gasteiger partial charge in [0.05, 0.1) is 0 Å². The zero-order valence-electron chi connectivity index (χ0n) is 10.5. The minimum absolute atomic E-state index is 0.0475. The average Bonchev–Trinajstić information content (AvgIpc) is 2.23. The number of aliphatic carboxylic acids is 2. The van der Waals surface area contributed by atoms with Crippen LogP contribution in [0.2, 0.25) is 0 Å². The van der Waals surface area contributed by atoms with Crippen LogP contribution in [-0.2, 0) is 14.4 Å². The topological polar surface area (TPSA) is 104 Å². The van der Waals surface area contributed by atoms with Crippen LogP contribution in [0.1, 0.15) is 39.5 Å². The van der Waals surface area contributed by atoms with E-state index in [1.165, 1.54) is 14.0 Å². The van der Waals surface area contributed by atoms with Crippen molar-refractivity contribution in [3.63, 3.8) is 0 Å². The van der Waals surface area contributed by atoms with Crippen LogP contribution in [0, 0.1) is 0 Å². The van der Waals surface area contributed by atoms with Crippen LogP contribution >= 0.6 is 0 Å². The van der Waals surface area contributed by atoms with E-state index in [0.717, 1.165) is 12.8 Å². The standard InChI is InChI=1S/C6H11NO3.C5H10O2/c1-4(8)3-5(7-2)6(9)10;1-2-3-4-5(6)7/h5,7H,3H2,1-2H3,(H,9,10);2-4H2,1H3,(H,6,7). The summed E-state index contributed by atoms with van der Waals surface area (Å²) in [6, 6.07) is -0.738. The summed E-state index contributed by atoms with van der Waals surface area (Å²) in [6.45, 7) is 3.34. The number of carboxylic acid groups (broad SMARTS) is 2. The van der Waals surface area contributed by atoms with Crippen LogP contribution in [-0.4, -0.2) is 41.0 Å². The summed E-state index contributed by atoms with van der Waals surface area (Å²) in [5, 5.41) is 19.0. The van der Waals surface area contributed by atoms with E-state index >= 15 is 0 Å². The molecular formula is C11H21NO5. The molecule has 0 saturated carbocycles. The number of ketones is 1. The van der Waals surface area contributed by atoms with Gasteiger partial charge < -0.3 is 15.5 Å². The van der Waals surface area contributed by atoms with Gasteiger partial charge in [-0.3, -0.25) is 14.4 Å². The molecule has 0 aliphatic rings. The summed E-state index contributed by atoms with van der Waals surface area (Å²) < 4.78 is 0. The first-order valence-electron chi connectivity index (χ1n) is 5.46. The Morgan fingerprint density at radius 2 is 1.76 bits per heavy atom. The van der Waals surface area contributed by atoms with E-state index in [1.54, 1.807) is 0 Å². The normalized spacial score (nSPS) is 11.0. The van der Waals surface area contributed by atoms with Crippen molar-refractivity contribution < 1.29 is 24.6 Å². The van der Waals surface area contributed by atoms with Crippen LogP contribution < -0.4 is 5.32 Å². The lowest BCUT2D eigenvalue weighted by molar-refractivity contribution is -0.141. The van der Waals surface area contributed by atoms with Gasteiger partial charge in [0.1, 0.15) is 11.8 Å². The van der Waals surface area contributed by atoms with Gasteiger partial charge in [0.25, 0.3) is 0 Å². The van der Waals surface area contributed by atoms with E-state index in [4.69, 9.17) is 10.2 Å². The molecule has 0 aliphatic heterocycles. The highest BCUT2D eigenvalue weighted by Gasteiger charge is 2.15.